The maximum absolute atomic E-state index is 9.73. The van der Waals surface area contributed by atoms with Gasteiger partial charge in [0.25, 0.3) is 0 Å². The van der Waals surface area contributed by atoms with Gasteiger partial charge in [0.15, 0.2) is 0 Å². The number of nitrogens with zero attached hydrogens (tertiary/aromatic N) is 2. The second-order valence-electron chi connectivity index (χ2n) is 6.10. The number of fused-ring (bicyclic) bond motifs is 1. The van der Waals surface area contributed by atoms with E-state index < -0.39 is 0 Å². The molecule has 1 aliphatic rings. The van der Waals surface area contributed by atoms with Gasteiger partial charge in [-0.25, -0.2) is 0 Å². The Labute approximate surface area is 126 Å². The molecule has 4 heteroatoms. The molecule has 2 unspecified atom stereocenters. The molecule has 114 valence electrons. The Balaban J connectivity index is 1.63. The minimum Gasteiger partial charge on any atom is -0.393 e. The van der Waals surface area contributed by atoms with E-state index in [1.54, 1.807) is 0 Å². The zero-order chi connectivity index (χ0) is 14.7. The van der Waals surface area contributed by atoms with E-state index in [2.05, 4.69) is 41.2 Å². The number of hydrogen-bond acceptors (Lipinski definition) is 3. The Morgan fingerprint density at radius 1 is 1.33 bits per heavy atom. The number of para-hydroxylation sites is 1. The van der Waals surface area contributed by atoms with Crippen molar-refractivity contribution < 1.29 is 5.11 Å². The highest BCUT2D eigenvalue weighted by Crippen LogP contribution is 2.24. The zero-order valence-corrected chi connectivity index (χ0v) is 12.8. The number of hydrogen-bond donors (Lipinski definition) is 2. The molecule has 1 aromatic carbocycles. The van der Waals surface area contributed by atoms with E-state index in [1.165, 1.54) is 17.3 Å². The van der Waals surface area contributed by atoms with Gasteiger partial charge in [0, 0.05) is 18.5 Å². The molecular weight excluding hydrogens is 262 g/mol. The summed E-state index contributed by atoms with van der Waals surface area (Å²) in [5.74, 6) is 0.605. The minimum absolute atomic E-state index is 0.0920. The van der Waals surface area contributed by atoms with Crippen LogP contribution >= 0.6 is 0 Å². The van der Waals surface area contributed by atoms with E-state index in [-0.39, 0.29) is 6.10 Å². The van der Waals surface area contributed by atoms with Crippen LogP contribution in [0.4, 0.5) is 0 Å². The van der Waals surface area contributed by atoms with Gasteiger partial charge < -0.3 is 10.4 Å². The third-order valence-electron chi connectivity index (χ3n) is 4.51. The molecule has 0 saturated heterocycles. The van der Waals surface area contributed by atoms with Gasteiger partial charge in [-0.1, -0.05) is 24.6 Å². The predicted octanol–water partition coefficient (Wildman–Crippen LogP) is 2.70. The average Bonchev–Trinajstić information content (AvgIpc) is 2.86. The molecule has 0 amide bonds. The lowest BCUT2D eigenvalue weighted by Gasteiger charge is -2.25. The van der Waals surface area contributed by atoms with Crippen molar-refractivity contribution in [3.63, 3.8) is 0 Å². The Bertz CT molecular complexity index is 593. The first-order valence-corrected chi connectivity index (χ1v) is 8.11. The maximum atomic E-state index is 9.73. The zero-order valence-electron chi connectivity index (χ0n) is 12.8. The molecule has 1 fully saturated rings. The Kier molecular flexibility index (Phi) is 4.56. The molecular formula is C17H25N3O. The SMILES string of the molecule is CCn1nc(CNCC2CCCC(O)C2)c2ccccc21. The predicted molar refractivity (Wildman–Crippen MR) is 85.1 cm³/mol. The first kappa shape index (κ1) is 14.5. The van der Waals surface area contributed by atoms with Crippen molar-refractivity contribution in [1.82, 2.24) is 15.1 Å². The summed E-state index contributed by atoms with van der Waals surface area (Å²) in [6.45, 7) is 4.81. The fraction of sp³-hybridized carbons (Fsp3) is 0.588. The molecule has 1 aromatic heterocycles. The monoisotopic (exact) mass is 287 g/mol. The van der Waals surface area contributed by atoms with Gasteiger partial charge in [0.1, 0.15) is 0 Å². The maximum Gasteiger partial charge on any atom is 0.0841 e. The highest BCUT2D eigenvalue weighted by atomic mass is 16.3. The second-order valence-corrected chi connectivity index (χ2v) is 6.10. The summed E-state index contributed by atoms with van der Waals surface area (Å²) in [5.41, 5.74) is 2.34. The van der Waals surface area contributed by atoms with Crippen molar-refractivity contribution in [2.24, 2.45) is 5.92 Å². The minimum atomic E-state index is -0.0920. The lowest BCUT2D eigenvalue weighted by atomic mass is 9.87. The smallest absolute Gasteiger partial charge is 0.0841 e. The highest BCUT2D eigenvalue weighted by molar-refractivity contribution is 5.81. The first-order valence-electron chi connectivity index (χ1n) is 8.11. The first-order chi connectivity index (χ1) is 10.3. The number of aliphatic hydroxyl groups is 1. The van der Waals surface area contributed by atoms with Gasteiger partial charge in [0.05, 0.1) is 17.3 Å². The van der Waals surface area contributed by atoms with E-state index in [4.69, 9.17) is 5.10 Å². The summed E-state index contributed by atoms with van der Waals surface area (Å²) < 4.78 is 2.07. The normalized spacial score (nSPS) is 22.8. The van der Waals surface area contributed by atoms with Crippen LogP contribution < -0.4 is 5.32 Å². The molecule has 4 nitrogen and oxygen atoms in total. The summed E-state index contributed by atoms with van der Waals surface area (Å²) in [6, 6.07) is 8.42. The molecule has 1 saturated carbocycles. The van der Waals surface area contributed by atoms with E-state index >= 15 is 0 Å². The molecule has 2 atom stereocenters. The molecule has 0 aliphatic heterocycles. The second kappa shape index (κ2) is 6.58. The molecule has 21 heavy (non-hydrogen) atoms. The number of aliphatic hydroxyl groups excluding tert-OH is 1. The average molecular weight is 287 g/mol. The van der Waals surface area contributed by atoms with E-state index in [1.807, 2.05) is 0 Å². The van der Waals surface area contributed by atoms with Crippen LogP contribution in [0.3, 0.4) is 0 Å². The Morgan fingerprint density at radius 3 is 3.00 bits per heavy atom. The van der Waals surface area contributed by atoms with E-state index in [9.17, 15) is 5.11 Å². The van der Waals surface area contributed by atoms with Crippen molar-refractivity contribution in [3.05, 3.63) is 30.0 Å². The Morgan fingerprint density at radius 2 is 2.19 bits per heavy atom. The summed E-state index contributed by atoms with van der Waals surface area (Å²) >= 11 is 0. The van der Waals surface area contributed by atoms with Gasteiger partial charge in [-0.15, -0.1) is 0 Å². The lowest BCUT2D eigenvalue weighted by Crippen LogP contribution is -2.29. The number of benzene rings is 1. The Hall–Kier alpha value is -1.39. The summed E-state index contributed by atoms with van der Waals surface area (Å²) in [7, 11) is 0. The summed E-state index contributed by atoms with van der Waals surface area (Å²) in [4.78, 5) is 0. The molecule has 1 aliphatic carbocycles. The van der Waals surface area contributed by atoms with Crippen molar-refractivity contribution in [2.75, 3.05) is 6.54 Å². The molecule has 0 radical (unpaired) electrons. The van der Waals surface area contributed by atoms with Gasteiger partial charge in [0.2, 0.25) is 0 Å². The molecule has 1 heterocycles. The van der Waals surface area contributed by atoms with Crippen LogP contribution in [0.1, 0.15) is 38.3 Å². The van der Waals surface area contributed by atoms with Crippen molar-refractivity contribution in [2.45, 2.75) is 51.8 Å². The quantitative estimate of drug-likeness (QED) is 0.889. The molecule has 0 spiro atoms. The van der Waals surface area contributed by atoms with Crippen LogP contribution in [0, 0.1) is 5.92 Å². The number of rotatable bonds is 5. The topological polar surface area (TPSA) is 50.1 Å². The van der Waals surface area contributed by atoms with E-state index in [0.29, 0.717) is 5.92 Å². The van der Waals surface area contributed by atoms with Gasteiger partial charge in [-0.05, 0) is 44.7 Å². The van der Waals surface area contributed by atoms with Gasteiger partial charge in [-0.2, -0.15) is 5.10 Å². The van der Waals surface area contributed by atoms with Crippen LogP contribution in [0.2, 0.25) is 0 Å². The number of nitrogens with one attached hydrogen (secondary N) is 1. The third-order valence-corrected chi connectivity index (χ3v) is 4.51. The lowest BCUT2D eigenvalue weighted by molar-refractivity contribution is 0.101. The van der Waals surface area contributed by atoms with Crippen LogP contribution in [0.15, 0.2) is 24.3 Å². The largest absolute Gasteiger partial charge is 0.393 e. The van der Waals surface area contributed by atoms with Crippen molar-refractivity contribution in [3.8, 4) is 0 Å². The summed E-state index contributed by atoms with van der Waals surface area (Å²) in [6.07, 6.45) is 4.21. The molecule has 3 rings (SSSR count). The number of aromatic nitrogens is 2. The fourth-order valence-electron chi connectivity index (χ4n) is 3.41. The van der Waals surface area contributed by atoms with Gasteiger partial charge in [-0.3, -0.25) is 4.68 Å². The molecule has 2 aromatic rings. The van der Waals surface area contributed by atoms with E-state index in [0.717, 1.165) is 44.6 Å². The molecule has 0 bridgehead atoms. The van der Waals surface area contributed by atoms with Crippen LogP contribution in [0.5, 0.6) is 0 Å². The summed E-state index contributed by atoms with van der Waals surface area (Å²) in [5, 5.41) is 19.2. The van der Waals surface area contributed by atoms with Gasteiger partial charge >= 0.3 is 0 Å². The standard InChI is InChI=1S/C17H25N3O/c1-2-20-17-9-4-3-8-15(17)16(19-20)12-18-11-13-6-5-7-14(21)10-13/h3-4,8-9,13-14,18,21H,2,5-7,10-12H2,1H3. The third kappa shape index (κ3) is 3.27. The van der Waals surface area contributed by atoms with Crippen LogP contribution in [0.25, 0.3) is 10.9 Å². The van der Waals surface area contributed by atoms with Crippen LogP contribution in [-0.2, 0) is 13.1 Å². The highest BCUT2D eigenvalue weighted by Gasteiger charge is 2.19. The molecule has 2 N–H and O–H groups in total. The van der Waals surface area contributed by atoms with Crippen molar-refractivity contribution >= 4 is 10.9 Å². The van der Waals surface area contributed by atoms with Crippen LogP contribution in [-0.4, -0.2) is 27.5 Å². The van der Waals surface area contributed by atoms with Crippen molar-refractivity contribution in [1.29, 1.82) is 0 Å². The number of aryl methyl sites for hydroxylation is 1. The fourth-order valence-corrected chi connectivity index (χ4v) is 3.41.